The normalized spacial score (nSPS) is 15.8. The number of rotatable bonds is 7. The Kier molecular flexibility index (Phi) is 6.94. The second-order valence-electron chi connectivity index (χ2n) is 6.58. The molecule has 1 aromatic carbocycles. The zero-order valence-corrected chi connectivity index (χ0v) is 16.1. The van der Waals surface area contributed by atoms with E-state index in [0.717, 1.165) is 5.56 Å². The van der Waals surface area contributed by atoms with Crippen LogP contribution in [0.2, 0.25) is 0 Å². The van der Waals surface area contributed by atoms with Crippen LogP contribution in [0.15, 0.2) is 36.7 Å². The number of carbonyl (C=O) groups excluding carboxylic acids is 2. The summed E-state index contributed by atoms with van der Waals surface area (Å²) in [5.74, 6) is -0.925. The number of amides is 2. The van der Waals surface area contributed by atoms with Gasteiger partial charge in [-0.15, -0.1) is 0 Å². The van der Waals surface area contributed by atoms with E-state index < -0.39 is 11.9 Å². The Morgan fingerprint density at radius 1 is 1.28 bits per heavy atom. The lowest BCUT2D eigenvalue weighted by molar-refractivity contribution is -0.129. The van der Waals surface area contributed by atoms with Gasteiger partial charge in [0.25, 0.3) is 5.88 Å². The average Bonchev–Trinajstić information content (AvgIpc) is 3.21. The number of nitrogens with zero attached hydrogens (tertiary/aromatic N) is 3. The first-order valence-corrected chi connectivity index (χ1v) is 9.45. The number of carbonyl (C=O) groups is 2. The first-order valence-electron chi connectivity index (χ1n) is 9.45. The second-order valence-corrected chi connectivity index (χ2v) is 6.58. The van der Waals surface area contributed by atoms with E-state index >= 15 is 0 Å². The third kappa shape index (κ3) is 5.63. The summed E-state index contributed by atoms with van der Waals surface area (Å²) < 4.78 is 24.9. The van der Waals surface area contributed by atoms with Gasteiger partial charge >= 0.3 is 6.09 Å². The summed E-state index contributed by atoms with van der Waals surface area (Å²) in [4.78, 5) is 33.3. The van der Waals surface area contributed by atoms with Crippen LogP contribution in [0, 0.1) is 5.82 Å². The van der Waals surface area contributed by atoms with Crippen LogP contribution < -0.4 is 10.1 Å². The number of ether oxygens (including phenoxy) is 2. The summed E-state index contributed by atoms with van der Waals surface area (Å²) >= 11 is 0. The fourth-order valence-corrected chi connectivity index (χ4v) is 2.96. The monoisotopic (exact) mass is 402 g/mol. The van der Waals surface area contributed by atoms with Crippen LogP contribution in [-0.4, -0.2) is 52.6 Å². The van der Waals surface area contributed by atoms with Gasteiger partial charge in [0.2, 0.25) is 11.7 Å². The maximum atomic E-state index is 14.2. The molecule has 0 unspecified atom stereocenters. The molecule has 1 aliphatic rings. The molecular weight excluding hydrogens is 379 g/mol. The molecule has 2 amide bonds. The molecule has 29 heavy (non-hydrogen) atoms. The smallest absolute Gasteiger partial charge is 0.407 e. The molecule has 8 nitrogen and oxygen atoms in total. The number of aryl methyl sites for hydroxylation is 1. The predicted molar refractivity (Wildman–Crippen MR) is 102 cm³/mol. The molecule has 2 heterocycles. The minimum absolute atomic E-state index is 0.0984. The highest BCUT2D eigenvalue weighted by atomic mass is 19.1. The van der Waals surface area contributed by atoms with Gasteiger partial charge in [-0.3, -0.25) is 4.79 Å². The van der Waals surface area contributed by atoms with Crippen LogP contribution in [-0.2, 0) is 22.6 Å². The van der Waals surface area contributed by atoms with Crippen molar-refractivity contribution in [3.05, 3.63) is 53.7 Å². The molecular formula is C20H23FN4O4. The van der Waals surface area contributed by atoms with E-state index in [1.165, 1.54) is 6.33 Å². The van der Waals surface area contributed by atoms with E-state index in [2.05, 4.69) is 15.3 Å². The number of hydrogen-bond acceptors (Lipinski definition) is 6. The highest BCUT2D eigenvalue weighted by molar-refractivity contribution is 5.82. The maximum absolute atomic E-state index is 14.2. The minimum atomic E-state index is -0.663. The standard InChI is InChI=1S/C20H23FN4O4/c1-2-16-18(21)19(24-13-23-16)29-15-8-9-25(11-15)17(26)10-22-20(27)28-12-14-6-4-3-5-7-14/h3-7,13,15H,2,8-12H2,1H3,(H,22,27)/t15-/m1/s1. The van der Waals surface area contributed by atoms with E-state index in [-0.39, 0.29) is 31.0 Å². The van der Waals surface area contributed by atoms with Crippen molar-refractivity contribution in [3.63, 3.8) is 0 Å². The van der Waals surface area contributed by atoms with Crippen LogP contribution in [0.4, 0.5) is 9.18 Å². The van der Waals surface area contributed by atoms with Gasteiger partial charge in [0.1, 0.15) is 25.6 Å². The molecule has 154 valence electrons. The van der Waals surface area contributed by atoms with Gasteiger partial charge in [-0.1, -0.05) is 37.3 Å². The first kappa shape index (κ1) is 20.5. The molecule has 2 aromatic rings. The Bertz CT molecular complexity index is 850. The van der Waals surface area contributed by atoms with Crippen molar-refractivity contribution in [2.75, 3.05) is 19.6 Å². The van der Waals surface area contributed by atoms with Crippen molar-refractivity contribution in [3.8, 4) is 5.88 Å². The van der Waals surface area contributed by atoms with Crippen molar-refractivity contribution < 1.29 is 23.5 Å². The lowest BCUT2D eigenvalue weighted by Crippen LogP contribution is -2.40. The summed E-state index contributed by atoms with van der Waals surface area (Å²) in [7, 11) is 0. The largest absolute Gasteiger partial charge is 0.470 e. The third-order valence-corrected chi connectivity index (χ3v) is 4.54. The Morgan fingerprint density at radius 3 is 2.83 bits per heavy atom. The summed E-state index contributed by atoms with van der Waals surface area (Å²) in [5, 5.41) is 2.44. The van der Waals surface area contributed by atoms with Crippen LogP contribution in [0.5, 0.6) is 5.88 Å². The Balaban J connectivity index is 1.41. The summed E-state index contributed by atoms with van der Waals surface area (Å²) in [5.41, 5.74) is 1.15. The highest BCUT2D eigenvalue weighted by Gasteiger charge is 2.29. The van der Waals surface area contributed by atoms with Crippen molar-refractivity contribution in [1.29, 1.82) is 0 Å². The third-order valence-electron chi connectivity index (χ3n) is 4.54. The second kappa shape index (κ2) is 9.81. The topological polar surface area (TPSA) is 93.7 Å². The van der Waals surface area contributed by atoms with E-state index in [1.54, 1.807) is 11.8 Å². The molecule has 1 aromatic heterocycles. The van der Waals surface area contributed by atoms with Crippen LogP contribution >= 0.6 is 0 Å². The maximum Gasteiger partial charge on any atom is 0.407 e. The molecule has 1 atom stereocenters. The van der Waals surface area contributed by atoms with Gasteiger partial charge in [0, 0.05) is 13.0 Å². The lowest BCUT2D eigenvalue weighted by Gasteiger charge is -2.17. The van der Waals surface area contributed by atoms with Crippen LogP contribution in [0.1, 0.15) is 24.6 Å². The van der Waals surface area contributed by atoms with Gasteiger partial charge in [-0.2, -0.15) is 9.37 Å². The fraction of sp³-hybridized carbons (Fsp3) is 0.400. The zero-order valence-electron chi connectivity index (χ0n) is 16.1. The Morgan fingerprint density at radius 2 is 2.07 bits per heavy atom. The highest BCUT2D eigenvalue weighted by Crippen LogP contribution is 2.21. The quantitative estimate of drug-likeness (QED) is 0.762. The zero-order chi connectivity index (χ0) is 20.6. The lowest BCUT2D eigenvalue weighted by atomic mass is 10.2. The molecule has 0 bridgehead atoms. The van der Waals surface area contributed by atoms with Crippen molar-refractivity contribution in [2.24, 2.45) is 0 Å². The Labute approximate surface area is 168 Å². The number of benzene rings is 1. The van der Waals surface area contributed by atoms with Gasteiger partial charge < -0.3 is 19.7 Å². The minimum Gasteiger partial charge on any atom is -0.470 e. The van der Waals surface area contributed by atoms with Crippen LogP contribution in [0.3, 0.4) is 0 Å². The number of halogens is 1. The van der Waals surface area contributed by atoms with E-state index in [0.29, 0.717) is 31.6 Å². The van der Waals surface area contributed by atoms with Crippen molar-refractivity contribution in [2.45, 2.75) is 32.5 Å². The molecule has 1 saturated heterocycles. The van der Waals surface area contributed by atoms with E-state index in [4.69, 9.17) is 9.47 Å². The Hall–Kier alpha value is -3.23. The fourth-order valence-electron chi connectivity index (χ4n) is 2.96. The molecule has 0 saturated carbocycles. The molecule has 1 aliphatic heterocycles. The molecule has 9 heteroatoms. The predicted octanol–water partition coefficient (Wildman–Crippen LogP) is 2.08. The van der Waals surface area contributed by atoms with Gasteiger partial charge in [0.05, 0.1) is 12.2 Å². The van der Waals surface area contributed by atoms with Gasteiger partial charge in [0.15, 0.2) is 0 Å². The number of hydrogen-bond donors (Lipinski definition) is 1. The number of alkyl carbamates (subject to hydrolysis) is 1. The first-order chi connectivity index (χ1) is 14.1. The van der Waals surface area contributed by atoms with Gasteiger partial charge in [-0.05, 0) is 12.0 Å². The molecule has 0 spiro atoms. The van der Waals surface area contributed by atoms with Crippen molar-refractivity contribution >= 4 is 12.0 Å². The molecule has 0 aliphatic carbocycles. The summed E-state index contributed by atoms with van der Waals surface area (Å²) in [6.45, 7) is 2.50. The summed E-state index contributed by atoms with van der Waals surface area (Å²) in [6.07, 6.45) is 1.23. The molecule has 0 radical (unpaired) electrons. The SMILES string of the molecule is CCc1ncnc(O[C@@H]2CCN(C(=O)CNC(=O)OCc3ccccc3)C2)c1F. The van der Waals surface area contributed by atoms with E-state index in [9.17, 15) is 14.0 Å². The van der Waals surface area contributed by atoms with Gasteiger partial charge in [-0.25, -0.2) is 9.78 Å². The summed E-state index contributed by atoms with van der Waals surface area (Å²) in [6, 6.07) is 9.25. The number of likely N-dealkylation sites (tertiary alicyclic amines) is 1. The molecule has 1 N–H and O–H groups in total. The van der Waals surface area contributed by atoms with E-state index in [1.807, 2.05) is 30.3 Å². The van der Waals surface area contributed by atoms with Crippen LogP contribution in [0.25, 0.3) is 0 Å². The molecule has 1 fully saturated rings. The average molecular weight is 402 g/mol. The van der Waals surface area contributed by atoms with Crippen molar-refractivity contribution in [1.82, 2.24) is 20.2 Å². The molecule has 3 rings (SSSR count). The number of nitrogens with one attached hydrogen (secondary N) is 1. The number of aromatic nitrogens is 2.